The van der Waals surface area contributed by atoms with E-state index in [4.69, 9.17) is 10.5 Å². The Morgan fingerprint density at radius 2 is 1.98 bits per heavy atom. The number of para-hydroxylation sites is 1. The van der Waals surface area contributed by atoms with E-state index in [2.05, 4.69) is 28.8 Å². The summed E-state index contributed by atoms with van der Waals surface area (Å²) < 4.78 is 20.0. The summed E-state index contributed by atoms with van der Waals surface area (Å²) in [7, 11) is 0. The molecule has 4 N–H and O–H groups in total. The molecule has 0 bridgehead atoms. The number of hydrazine groups is 1. The minimum absolute atomic E-state index is 0.113. The van der Waals surface area contributed by atoms with Gasteiger partial charge in [-0.3, -0.25) is 14.6 Å². The van der Waals surface area contributed by atoms with Gasteiger partial charge in [0.05, 0.1) is 35.5 Å². The molecule has 3 aliphatic heterocycles. The van der Waals surface area contributed by atoms with E-state index in [0.29, 0.717) is 22.3 Å². The Labute approximate surface area is 279 Å². The van der Waals surface area contributed by atoms with Crippen LogP contribution in [0.1, 0.15) is 16.7 Å². The lowest BCUT2D eigenvalue weighted by atomic mass is 9.99. The molecule has 0 unspecified atom stereocenters. The molecule has 7 rings (SSSR count). The Morgan fingerprint density at radius 3 is 2.77 bits per heavy atom. The van der Waals surface area contributed by atoms with E-state index >= 15 is 0 Å². The third-order valence-corrected chi connectivity index (χ3v) is 9.48. The molecule has 1 aromatic heterocycles. The van der Waals surface area contributed by atoms with E-state index < -0.39 is 18.2 Å². The maximum atomic E-state index is 14.3. The molecule has 0 spiro atoms. The number of ether oxygens (including phenoxy) is 1. The Morgan fingerprint density at radius 1 is 1.19 bits per heavy atom. The molecule has 4 heterocycles. The van der Waals surface area contributed by atoms with Gasteiger partial charge < -0.3 is 30.9 Å². The predicted molar refractivity (Wildman–Crippen MR) is 180 cm³/mol. The van der Waals surface area contributed by atoms with Crippen molar-refractivity contribution >= 4 is 50.2 Å². The summed E-state index contributed by atoms with van der Waals surface area (Å²) in [6.45, 7) is 8.18. The molecule has 246 valence electrons. The van der Waals surface area contributed by atoms with Crippen LogP contribution in [0.25, 0.3) is 10.2 Å². The molecule has 0 aliphatic carbocycles. The van der Waals surface area contributed by atoms with Crippen molar-refractivity contribution in [3.63, 3.8) is 0 Å². The summed E-state index contributed by atoms with van der Waals surface area (Å²) in [5, 5.41) is 9.48. The zero-order chi connectivity index (χ0) is 33.5. The number of piperazine rings is 1. The maximum absolute atomic E-state index is 14.3. The second-order valence-corrected chi connectivity index (χ2v) is 12.8. The monoisotopic (exact) mass is 668 g/mol. The number of fused-ring (bicyclic) bond motifs is 3. The topological polar surface area (TPSA) is 136 Å². The Hall–Kier alpha value is -5.47. The fourth-order valence-electron chi connectivity index (χ4n) is 6.46. The molecule has 2 fully saturated rings. The highest BCUT2D eigenvalue weighted by atomic mass is 32.1. The van der Waals surface area contributed by atoms with Crippen LogP contribution in [0.4, 0.5) is 20.0 Å². The van der Waals surface area contributed by atoms with Crippen LogP contribution in [-0.2, 0) is 29.1 Å². The summed E-state index contributed by atoms with van der Waals surface area (Å²) in [6.07, 6.45) is 1.15. The summed E-state index contributed by atoms with van der Waals surface area (Å²) in [5.41, 5.74) is 9.85. The lowest BCUT2D eigenvalue weighted by Gasteiger charge is -2.46. The van der Waals surface area contributed by atoms with Crippen molar-refractivity contribution in [2.24, 2.45) is 0 Å². The average Bonchev–Trinajstić information content (AvgIpc) is 3.74. The van der Waals surface area contributed by atoms with E-state index in [-0.39, 0.29) is 56.8 Å². The zero-order valence-corrected chi connectivity index (χ0v) is 26.7. The molecule has 0 radical (unpaired) electrons. The number of urea groups is 1. The van der Waals surface area contributed by atoms with Gasteiger partial charge in [-0.05, 0) is 53.6 Å². The summed E-state index contributed by atoms with van der Waals surface area (Å²) in [6, 6.07) is 15.9. The number of hydrogen-bond acceptors (Lipinski definition) is 9. The minimum atomic E-state index is -0.857. The number of nitrogens with two attached hydrogens (primary N) is 1. The SMILES string of the molecule is C=CCN(C(=O)NCc1ccc(F)cc1)N1CC(=O)N2[C@@H](Cc3ccc4c(c3)OC(=C)N4)C(=O)N(Cc3cccc4sc(N)nc34)C[C@@H]21. The quantitative estimate of drug-likeness (QED) is 0.228. The number of benzene rings is 3. The number of aromatic nitrogens is 1. The van der Waals surface area contributed by atoms with Crippen molar-refractivity contribution in [3.8, 4) is 5.75 Å². The minimum Gasteiger partial charge on any atom is -0.440 e. The van der Waals surface area contributed by atoms with Crippen LogP contribution >= 0.6 is 11.3 Å². The van der Waals surface area contributed by atoms with Crippen molar-refractivity contribution in [1.82, 2.24) is 30.1 Å². The highest BCUT2D eigenvalue weighted by Gasteiger charge is 2.52. The Bertz CT molecular complexity index is 1950. The van der Waals surface area contributed by atoms with Gasteiger partial charge in [0.1, 0.15) is 18.0 Å². The number of anilines is 2. The van der Waals surface area contributed by atoms with Gasteiger partial charge in [-0.15, -0.1) is 6.58 Å². The van der Waals surface area contributed by atoms with Crippen molar-refractivity contribution < 1.29 is 23.5 Å². The highest BCUT2D eigenvalue weighted by Crippen LogP contribution is 2.36. The van der Waals surface area contributed by atoms with Gasteiger partial charge in [0.15, 0.2) is 16.8 Å². The van der Waals surface area contributed by atoms with E-state index in [1.54, 1.807) is 33.0 Å². The van der Waals surface area contributed by atoms with E-state index in [9.17, 15) is 18.8 Å². The first kappa shape index (κ1) is 31.1. The number of amides is 4. The average molecular weight is 669 g/mol. The van der Waals surface area contributed by atoms with Crippen LogP contribution in [0.5, 0.6) is 5.75 Å². The van der Waals surface area contributed by atoms with Gasteiger partial charge in [0.2, 0.25) is 11.8 Å². The van der Waals surface area contributed by atoms with Crippen molar-refractivity contribution in [3.05, 3.63) is 108 Å². The van der Waals surface area contributed by atoms with Crippen LogP contribution in [0.2, 0.25) is 0 Å². The molecule has 12 nitrogen and oxygen atoms in total. The third-order valence-electron chi connectivity index (χ3n) is 8.63. The standard InChI is InChI=1S/C34H33FN8O4S/c1-3-13-41(34(46)37-16-21-7-10-24(35)11-8-21)42-19-30(44)43-26(14-22-9-12-25-27(15-22)47-20(2)38-25)32(45)40(18-29(42)43)17-23-5-4-6-28-31(23)39-33(36)48-28/h3-12,15,26,29,38H,1-2,13-14,16-19H2,(H2,36,39)(H,37,46)/t26-,29+/m0/s1. The van der Waals surface area contributed by atoms with Crippen molar-refractivity contribution in [1.29, 1.82) is 0 Å². The molecular formula is C34H33FN8O4S. The number of halogens is 1. The van der Waals surface area contributed by atoms with Crippen LogP contribution in [0, 0.1) is 5.82 Å². The van der Waals surface area contributed by atoms with Gasteiger partial charge in [0, 0.05) is 19.5 Å². The van der Waals surface area contributed by atoms with Crippen LogP contribution in [-0.4, -0.2) is 74.5 Å². The smallest absolute Gasteiger partial charge is 0.332 e. The lowest BCUT2D eigenvalue weighted by molar-refractivity contribution is -0.157. The summed E-state index contributed by atoms with van der Waals surface area (Å²) in [4.78, 5) is 49.6. The molecule has 48 heavy (non-hydrogen) atoms. The van der Waals surface area contributed by atoms with Gasteiger partial charge >= 0.3 is 6.03 Å². The second-order valence-electron chi connectivity index (χ2n) is 11.8. The van der Waals surface area contributed by atoms with E-state index in [0.717, 1.165) is 27.0 Å². The molecule has 2 saturated heterocycles. The van der Waals surface area contributed by atoms with Gasteiger partial charge in [-0.1, -0.05) is 47.7 Å². The first-order valence-electron chi connectivity index (χ1n) is 15.4. The number of hydrogen-bond donors (Lipinski definition) is 3. The van der Waals surface area contributed by atoms with E-state index in [1.165, 1.54) is 28.5 Å². The molecular weight excluding hydrogens is 635 g/mol. The number of nitrogens with zero attached hydrogens (tertiary/aromatic N) is 5. The highest BCUT2D eigenvalue weighted by molar-refractivity contribution is 7.22. The summed E-state index contributed by atoms with van der Waals surface area (Å²) >= 11 is 1.37. The maximum Gasteiger partial charge on any atom is 0.332 e. The molecule has 4 aromatic rings. The number of thiazole rings is 1. The number of nitrogens with one attached hydrogen (secondary N) is 2. The van der Waals surface area contributed by atoms with E-state index in [1.807, 2.05) is 36.4 Å². The van der Waals surface area contributed by atoms with Gasteiger partial charge in [0.25, 0.3) is 0 Å². The number of nitrogen functional groups attached to an aromatic ring is 1. The van der Waals surface area contributed by atoms with Crippen molar-refractivity contribution in [2.45, 2.75) is 31.7 Å². The molecule has 0 saturated carbocycles. The largest absolute Gasteiger partial charge is 0.440 e. The predicted octanol–water partition coefficient (Wildman–Crippen LogP) is 4.03. The van der Waals surface area contributed by atoms with Gasteiger partial charge in [-0.2, -0.15) is 5.01 Å². The van der Waals surface area contributed by atoms with Crippen LogP contribution in [0.3, 0.4) is 0 Å². The molecule has 3 aromatic carbocycles. The second kappa shape index (κ2) is 12.6. The summed E-state index contributed by atoms with van der Waals surface area (Å²) in [5.74, 6) is 0.126. The number of rotatable bonds is 9. The normalized spacial score (nSPS) is 18.8. The molecule has 3 aliphatic rings. The zero-order valence-electron chi connectivity index (χ0n) is 25.9. The molecule has 2 atom stereocenters. The number of carbonyl (C=O) groups excluding carboxylic acids is 3. The van der Waals surface area contributed by atoms with Crippen LogP contribution < -0.4 is 21.1 Å². The van der Waals surface area contributed by atoms with Crippen LogP contribution in [0.15, 0.2) is 85.8 Å². The Balaban J connectivity index is 1.20. The first-order chi connectivity index (χ1) is 23.2. The Kier molecular flexibility index (Phi) is 8.19. The van der Waals surface area contributed by atoms with Gasteiger partial charge in [-0.25, -0.2) is 14.2 Å². The molecule has 4 amide bonds. The fraction of sp³-hybridized carbons (Fsp3) is 0.235. The lowest BCUT2D eigenvalue weighted by Crippen LogP contribution is -2.66. The third kappa shape index (κ3) is 5.91. The van der Waals surface area contributed by atoms with Crippen molar-refractivity contribution in [2.75, 3.05) is 30.7 Å². The fourth-order valence-corrected chi connectivity index (χ4v) is 7.24. The first-order valence-corrected chi connectivity index (χ1v) is 16.2. The number of carbonyl (C=O) groups is 3. The molecule has 14 heteroatoms.